The lowest BCUT2D eigenvalue weighted by atomic mass is 10.0. The highest BCUT2D eigenvalue weighted by Gasteiger charge is 2.44. The number of benzene rings is 1. The SMILES string of the molecule is COC(=O)C1=C(OC)C(=O)OC1c1c(Cl)c2cc(Cl)ccc2oc1=O. The van der Waals surface area contributed by atoms with Crippen LogP contribution in [0.1, 0.15) is 11.7 Å². The van der Waals surface area contributed by atoms with E-state index >= 15 is 0 Å². The average molecular weight is 385 g/mol. The number of hydrogen-bond donors (Lipinski definition) is 0. The van der Waals surface area contributed by atoms with Crippen LogP contribution < -0.4 is 5.63 Å². The van der Waals surface area contributed by atoms with Crippen molar-refractivity contribution in [2.45, 2.75) is 6.10 Å². The van der Waals surface area contributed by atoms with Crippen LogP contribution in [0.2, 0.25) is 10.0 Å². The number of methoxy groups -OCH3 is 2. The van der Waals surface area contributed by atoms with E-state index in [1.165, 1.54) is 25.3 Å². The largest absolute Gasteiger partial charge is 0.489 e. The van der Waals surface area contributed by atoms with E-state index in [0.29, 0.717) is 10.4 Å². The van der Waals surface area contributed by atoms with Gasteiger partial charge in [-0.3, -0.25) is 0 Å². The van der Waals surface area contributed by atoms with Gasteiger partial charge in [0.1, 0.15) is 16.7 Å². The maximum absolute atomic E-state index is 12.4. The molecule has 0 aliphatic carbocycles. The predicted octanol–water partition coefficient (Wildman–Crippen LogP) is 2.77. The van der Waals surface area contributed by atoms with Crippen LogP contribution in [0.3, 0.4) is 0 Å². The molecule has 1 aromatic carbocycles. The molecule has 130 valence electrons. The Hall–Kier alpha value is -2.51. The van der Waals surface area contributed by atoms with Crippen molar-refractivity contribution in [3.63, 3.8) is 0 Å². The summed E-state index contributed by atoms with van der Waals surface area (Å²) >= 11 is 12.3. The summed E-state index contributed by atoms with van der Waals surface area (Å²) in [6.45, 7) is 0. The molecule has 1 aromatic heterocycles. The first-order chi connectivity index (χ1) is 11.9. The summed E-state index contributed by atoms with van der Waals surface area (Å²) < 4.78 is 19.9. The van der Waals surface area contributed by atoms with Gasteiger partial charge in [0.2, 0.25) is 5.76 Å². The van der Waals surface area contributed by atoms with Gasteiger partial charge in [-0.05, 0) is 18.2 Å². The smallest absolute Gasteiger partial charge is 0.375 e. The maximum Gasteiger partial charge on any atom is 0.375 e. The van der Waals surface area contributed by atoms with E-state index in [4.69, 9.17) is 37.1 Å². The Bertz CT molecular complexity index is 990. The van der Waals surface area contributed by atoms with Gasteiger partial charge in [0, 0.05) is 10.4 Å². The van der Waals surface area contributed by atoms with E-state index in [9.17, 15) is 14.4 Å². The number of halogens is 2. The first-order valence-corrected chi connectivity index (χ1v) is 7.63. The molecular formula is C16H10Cl2O7. The zero-order valence-corrected chi connectivity index (χ0v) is 14.4. The Labute approximate surface area is 150 Å². The summed E-state index contributed by atoms with van der Waals surface area (Å²) in [5, 5.41) is 0.638. The first kappa shape index (κ1) is 17.3. The van der Waals surface area contributed by atoms with E-state index < -0.39 is 23.7 Å². The molecule has 0 fully saturated rings. The molecule has 0 spiro atoms. The van der Waals surface area contributed by atoms with Crippen LogP contribution in [-0.4, -0.2) is 26.2 Å². The number of ether oxygens (including phenoxy) is 3. The van der Waals surface area contributed by atoms with Crippen molar-refractivity contribution >= 4 is 46.1 Å². The molecule has 0 N–H and O–H groups in total. The predicted molar refractivity (Wildman–Crippen MR) is 87.4 cm³/mol. The van der Waals surface area contributed by atoms with E-state index in [-0.39, 0.29) is 27.5 Å². The Balaban J connectivity index is 2.29. The minimum absolute atomic E-state index is 0.0506. The van der Waals surface area contributed by atoms with Crippen molar-refractivity contribution in [3.8, 4) is 0 Å². The average Bonchev–Trinajstić information content (AvgIpc) is 2.91. The fourth-order valence-electron chi connectivity index (χ4n) is 2.53. The third-order valence-corrected chi connectivity index (χ3v) is 4.27. The lowest BCUT2D eigenvalue weighted by Crippen LogP contribution is -2.19. The van der Waals surface area contributed by atoms with Crippen molar-refractivity contribution in [2.24, 2.45) is 0 Å². The highest BCUT2D eigenvalue weighted by Crippen LogP contribution is 2.40. The fourth-order valence-corrected chi connectivity index (χ4v) is 3.03. The zero-order chi connectivity index (χ0) is 18.3. The normalized spacial score (nSPS) is 17.0. The zero-order valence-electron chi connectivity index (χ0n) is 12.9. The quantitative estimate of drug-likeness (QED) is 0.593. The van der Waals surface area contributed by atoms with Gasteiger partial charge in [-0.2, -0.15) is 0 Å². The number of rotatable bonds is 3. The van der Waals surface area contributed by atoms with Crippen molar-refractivity contribution < 1.29 is 28.2 Å². The van der Waals surface area contributed by atoms with Crippen LogP contribution in [0.5, 0.6) is 0 Å². The van der Waals surface area contributed by atoms with Crippen LogP contribution >= 0.6 is 23.2 Å². The number of esters is 2. The molecule has 2 heterocycles. The Morgan fingerprint density at radius 1 is 1.20 bits per heavy atom. The number of hydrogen-bond acceptors (Lipinski definition) is 7. The van der Waals surface area contributed by atoms with Crippen molar-refractivity contribution in [3.05, 3.63) is 55.6 Å². The van der Waals surface area contributed by atoms with Crippen LogP contribution in [0, 0.1) is 0 Å². The maximum atomic E-state index is 12.4. The van der Waals surface area contributed by atoms with Crippen LogP contribution in [0.4, 0.5) is 0 Å². The van der Waals surface area contributed by atoms with Crippen LogP contribution in [-0.2, 0) is 23.8 Å². The summed E-state index contributed by atoms with van der Waals surface area (Å²) in [5.41, 5.74) is -1.16. The Kier molecular flexibility index (Phi) is 4.45. The van der Waals surface area contributed by atoms with Crippen molar-refractivity contribution in [2.75, 3.05) is 14.2 Å². The number of carbonyl (C=O) groups is 2. The van der Waals surface area contributed by atoms with Gasteiger partial charge < -0.3 is 18.6 Å². The molecule has 0 radical (unpaired) electrons. The Morgan fingerprint density at radius 3 is 2.56 bits per heavy atom. The second-order valence-corrected chi connectivity index (χ2v) is 5.80. The van der Waals surface area contributed by atoms with Crippen molar-refractivity contribution in [1.29, 1.82) is 0 Å². The molecule has 7 nitrogen and oxygen atoms in total. The van der Waals surface area contributed by atoms with Gasteiger partial charge in [0.05, 0.1) is 19.2 Å². The van der Waals surface area contributed by atoms with E-state index in [2.05, 4.69) is 4.74 Å². The van der Waals surface area contributed by atoms with Gasteiger partial charge >= 0.3 is 17.6 Å². The van der Waals surface area contributed by atoms with E-state index in [1.54, 1.807) is 0 Å². The molecular weight excluding hydrogens is 375 g/mol. The minimum atomic E-state index is -1.41. The molecule has 9 heteroatoms. The van der Waals surface area contributed by atoms with Gasteiger partial charge in [0.15, 0.2) is 6.10 Å². The van der Waals surface area contributed by atoms with Gasteiger partial charge in [-0.25, -0.2) is 14.4 Å². The van der Waals surface area contributed by atoms with Crippen LogP contribution in [0.15, 0.2) is 38.7 Å². The minimum Gasteiger partial charge on any atom is -0.489 e. The molecule has 0 saturated heterocycles. The molecule has 25 heavy (non-hydrogen) atoms. The highest BCUT2D eigenvalue weighted by molar-refractivity contribution is 6.37. The number of cyclic esters (lactones) is 1. The molecule has 1 aliphatic heterocycles. The van der Waals surface area contributed by atoms with E-state index in [1.807, 2.05) is 0 Å². The van der Waals surface area contributed by atoms with E-state index in [0.717, 1.165) is 7.11 Å². The summed E-state index contributed by atoms with van der Waals surface area (Å²) in [7, 11) is 2.30. The molecule has 0 amide bonds. The molecule has 0 saturated carbocycles. The third kappa shape index (κ3) is 2.75. The van der Waals surface area contributed by atoms with Gasteiger partial charge in [0.25, 0.3) is 0 Å². The summed E-state index contributed by atoms with van der Waals surface area (Å²) in [6.07, 6.45) is -1.41. The van der Waals surface area contributed by atoms with Gasteiger partial charge in [-0.1, -0.05) is 23.2 Å². The molecule has 2 aromatic rings. The summed E-state index contributed by atoms with van der Waals surface area (Å²) in [4.78, 5) is 36.4. The second-order valence-electron chi connectivity index (χ2n) is 4.98. The third-order valence-electron chi connectivity index (χ3n) is 3.63. The Morgan fingerprint density at radius 2 is 1.92 bits per heavy atom. The second kappa shape index (κ2) is 6.42. The topological polar surface area (TPSA) is 92.0 Å². The van der Waals surface area contributed by atoms with Crippen LogP contribution in [0.25, 0.3) is 11.0 Å². The lowest BCUT2D eigenvalue weighted by molar-refractivity contribution is -0.143. The standard InChI is InChI=1S/C16H10Cl2O7/c1-22-13-10(14(19)23-2)12(25-16(13)21)9-11(18)7-5-6(17)3-4-8(7)24-15(9)20/h3-5,12H,1-2H3. The molecule has 1 aliphatic rings. The van der Waals surface area contributed by atoms with Gasteiger partial charge in [-0.15, -0.1) is 0 Å². The molecule has 1 unspecified atom stereocenters. The summed E-state index contributed by atoms with van der Waals surface area (Å²) in [5.74, 6) is -2.18. The summed E-state index contributed by atoms with van der Waals surface area (Å²) in [6, 6.07) is 4.50. The molecule has 1 atom stereocenters. The monoisotopic (exact) mass is 384 g/mol. The number of carbonyl (C=O) groups excluding carboxylic acids is 2. The lowest BCUT2D eigenvalue weighted by Gasteiger charge is -2.14. The first-order valence-electron chi connectivity index (χ1n) is 6.88. The highest BCUT2D eigenvalue weighted by atomic mass is 35.5. The molecule has 3 rings (SSSR count). The fraction of sp³-hybridized carbons (Fsp3) is 0.188. The van der Waals surface area contributed by atoms with Crippen molar-refractivity contribution in [1.82, 2.24) is 0 Å². The number of fused-ring (bicyclic) bond motifs is 1. The molecule has 0 bridgehead atoms.